The summed E-state index contributed by atoms with van der Waals surface area (Å²) in [5.74, 6) is 0.230. The molecule has 0 aromatic carbocycles. The van der Waals surface area contributed by atoms with Crippen LogP contribution in [0.2, 0.25) is 0 Å². The molecule has 1 saturated heterocycles. The van der Waals surface area contributed by atoms with Gasteiger partial charge in [0.15, 0.2) is 0 Å². The zero-order valence-electron chi connectivity index (χ0n) is 11.0. The molecule has 0 spiro atoms. The molecule has 0 radical (unpaired) electrons. The third-order valence-corrected chi connectivity index (χ3v) is 3.26. The average molecular weight is 241 g/mol. The Morgan fingerprint density at radius 3 is 2.35 bits per heavy atom. The Kier molecular flexibility index (Phi) is 5.41. The van der Waals surface area contributed by atoms with Crippen molar-refractivity contribution in [1.82, 2.24) is 15.1 Å². The van der Waals surface area contributed by atoms with Crippen molar-refractivity contribution >= 4 is 11.8 Å². The fraction of sp³-hybridized carbons (Fsp3) is 0.833. The number of nitrogens with one attached hydrogen (secondary N) is 1. The lowest BCUT2D eigenvalue weighted by Crippen LogP contribution is -2.38. The third-order valence-electron chi connectivity index (χ3n) is 3.26. The Hall–Kier alpha value is -1.10. The van der Waals surface area contributed by atoms with Crippen LogP contribution in [0.5, 0.6) is 0 Å². The van der Waals surface area contributed by atoms with Gasteiger partial charge in [0.2, 0.25) is 11.8 Å². The Morgan fingerprint density at radius 1 is 1.18 bits per heavy atom. The lowest BCUT2D eigenvalue weighted by Gasteiger charge is -2.23. The van der Waals surface area contributed by atoms with Crippen molar-refractivity contribution in [2.24, 2.45) is 0 Å². The molecule has 1 rings (SSSR count). The number of rotatable bonds is 5. The SMILES string of the molecule is CN(C)C(=O)CCCC(=O)N(C)C1CCNC1. The lowest BCUT2D eigenvalue weighted by molar-refractivity contribution is -0.132. The van der Waals surface area contributed by atoms with Crippen molar-refractivity contribution in [2.45, 2.75) is 31.7 Å². The molecule has 0 aromatic heterocycles. The van der Waals surface area contributed by atoms with E-state index in [0.29, 0.717) is 25.3 Å². The number of amides is 2. The highest BCUT2D eigenvalue weighted by molar-refractivity contribution is 5.78. The van der Waals surface area contributed by atoms with Gasteiger partial charge in [-0.15, -0.1) is 0 Å². The normalized spacial score (nSPS) is 19.1. The van der Waals surface area contributed by atoms with Gasteiger partial charge in [-0.1, -0.05) is 0 Å². The monoisotopic (exact) mass is 241 g/mol. The molecular weight excluding hydrogens is 218 g/mol. The van der Waals surface area contributed by atoms with Gasteiger partial charge in [-0.25, -0.2) is 0 Å². The van der Waals surface area contributed by atoms with Crippen molar-refractivity contribution in [1.29, 1.82) is 0 Å². The van der Waals surface area contributed by atoms with Crippen LogP contribution in [0.25, 0.3) is 0 Å². The Balaban J connectivity index is 2.22. The van der Waals surface area contributed by atoms with Crippen molar-refractivity contribution in [3.8, 4) is 0 Å². The van der Waals surface area contributed by atoms with Gasteiger partial charge in [0.25, 0.3) is 0 Å². The average Bonchev–Trinajstić information content (AvgIpc) is 2.80. The molecule has 5 nitrogen and oxygen atoms in total. The van der Waals surface area contributed by atoms with Crippen LogP contribution in [0.4, 0.5) is 0 Å². The standard InChI is InChI=1S/C12H23N3O2/c1-14(2)11(16)5-4-6-12(17)15(3)10-7-8-13-9-10/h10,13H,4-9H2,1-3H3. The second-order valence-electron chi connectivity index (χ2n) is 4.79. The Labute approximate surface area is 103 Å². The molecule has 5 heteroatoms. The highest BCUT2D eigenvalue weighted by Crippen LogP contribution is 2.09. The molecule has 1 aliphatic rings. The van der Waals surface area contributed by atoms with Crippen LogP contribution in [0.1, 0.15) is 25.7 Å². The van der Waals surface area contributed by atoms with Crippen molar-refractivity contribution < 1.29 is 9.59 Å². The highest BCUT2D eigenvalue weighted by atomic mass is 16.2. The van der Waals surface area contributed by atoms with Gasteiger partial charge >= 0.3 is 0 Å². The minimum absolute atomic E-state index is 0.0861. The fourth-order valence-corrected chi connectivity index (χ4v) is 1.96. The van der Waals surface area contributed by atoms with E-state index in [2.05, 4.69) is 5.32 Å². The van der Waals surface area contributed by atoms with E-state index in [1.54, 1.807) is 19.0 Å². The van der Waals surface area contributed by atoms with Crippen LogP contribution in [0, 0.1) is 0 Å². The first-order valence-electron chi connectivity index (χ1n) is 6.19. The van der Waals surface area contributed by atoms with E-state index in [9.17, 15) is 9.59 Å². The van der Waals surface area contributed by atoms with Gasteiger partial charge < -0.3 is 15.1 Å². The summed E-state index contributed by atoms with van der Waals surface area (Å²) in [4.78, 5) is 26.6. The summed E-state index contributed by atoms with van der Waals surface area (Å²) in [6, 6.07) is 0.326. The predicted octanol–water partition coefficient (Wildman–Crippen LogP) is 0.0652. The largest absolute Gasteiger partial charge is 0.349 e. The zero-order chi connectivity index (χ0) is 12.8. The summed E-state index contributed by atoms with van der Waals surface area (Å²) in [5, 5.41) is 3.24. The summed E-state index contributed by atoms with van der Waals surface area (Å²) in [6.07, 6.45) is 2.58. The van der Waals surface area contributed by atoms with Crippen LogP contribution in [0.3, 0.4) is 0 Å². The topological polar surface area (TPSA) is 52.7 Å². The second-order valence-corrected chi connectivity index (χ2v) is 4.79. The van der Waals surface area contributed by atoms with Gasteiger partial charge in [-0.3, -0.25) is 9.59 Å². The molecule has 98 valence electrons. The molecule has 0 bridgehead atoms. The lowest BCUT2D eigenvalue weighted by atomic mass is 10.1. The van der Waals surface area contributed by atoms with Crippen LogP contribution < -0.4 is 5.32 Å². The molecule has 1 heterocycles. The quantitative estimate of drug-likeness (QED) is 0.741. The smallest absolute Gasteiger partial charge is 0.222 e. The summed E-state index contributed by atoms with van der Waals surface area (Å²) in [5.41, 5.74) is 0. The van der Waals surface area contributed by atoms with E-state index in [0.717, 1.165) is 19.5 Å². The molecule has 0 aliphatic carbocycles. The summed E-state index contributed by atoms with van der Waals surface area (Å²) >= 11 is 0. The summed E-state index contributed by atoms with van der Waals surface area (Å²) in [7, 11) is 5.33. The number of carbonyl (C=O) groups excluding carboxylic acids is 2. The van der Waals surface area contributed by atoms with Gasteiger partial charge in [-0.05, 0) is 19.4 Å². The van der Waals surface area contributed by atoms with Crippen LogP contribution in [-0.4, -0.2) is 61.9 Å². The first kappa shape index (κ1) is 14.0. The summed E-state index contributed by atoms with van der Waals surface area (Å²) in [6.45, 7) is 1.88. The van der Waals surface area contributed by atoms with Gasteiger partial charge in [0.05, 0.1) is 0 Å². The molecule has 0 saturated carbocycles. The number of hydrogen-bond donors (Lipinski definition) is 1. The van der Waals surface area contributed by atoms with Crippen LogP contribution in [0.15, 0.2) is 0 Å². The molecule has 1 aliphatic heterocycles. The van der Waals surface area contributed by atoms with Gasteiger partial charge in [-0.2, -0.15) is 0 Å². The Morgan fingerprint density at radius 2 is 1.82 bits per heavy atom. The van der Waals surface area contributed by atoms with E-state index in [1.807, 2.05) is 11.9 Å². The molecule has 2 amide bonds. The highest BCUT2D eigenvalue weighted by Gasteiger charge is 2.22. The first-order valence-corrected chi connectivity index (χ1v) is 6.19. The Bertz CT molecular complexity index is 273. The maximum atomic E-state index is 11.9. The van der Waals surface area contributed by atoms with E-state index >= 15 is 0 Å². The first-order chi connectivity index (χ1) is 8.02. The van der Waals surface area contributed by atoms with Crippen LogP contribution in [-0.2, 0) is 9.59 Å². The van der Waals surface area contributed by atoms with E-state index in [1.165, 1.54) is 0 Å². The second kappa shape index (κ2) is 6.59. The number of hydrogen-bond acceptors (Lipinski definition) is 3. The summed E-state index contributed by atoms with van der Waals surface area (Å²) < 4.78 is 0. The number of likely N-dealkylation sites (N-methyl/N-ethyl adjacent to an activating group) is 1. The molecule has 1 N–H and O–H groups in total. The molecule has 0 aromatic rings. The van der Waals surface area contributed by atoms with Gasteiger partial charge in [0, 0.05) is 46.6 Å². The van der Waals surface area contributed by atoms with Crippen LogP contribution >= 0.6 is 0 Å². The minimum Gasteiger partial charge on any atom is -0.349 e. The third kappa shape index (κ3) is 4.34. The number of nitrogens with zero attached hydrogens (tertiary/aromatic N) is 2. The van der Waals surface area contributed by atoms with Crippen molar-refractivity contribution in [3.05, 3.63) is 0 Å². The number of carbonyl (C=O) groups is 2. The van der Waals surface area contributed by atoms with Crippen molar-refractivity contribution in [3.63, 3.8) is 0 Å². The fourth-order valence-electron chi connectivity index (χ4n) is 1.96. The zero-order valence-corrected chi connectivity index (χ0v) is 11.0. The molecule has 17 heavy (non-hydrogen) atoms. The molecule has 1 fully saturated rings. The minimum atomic E-state index is 0.0861. The molecular formula is C12H23N3O2. The van der Waals surface area contributed by atoms with E-state index < -0.39 is 0 Å². The van der Waals surface area contributed by atoms with E-state index in [4.69, 9.17) is 0 Å². The predicted molar refractivity (Wildman–Crippen MR) is 66.6 cm³/mol. The molecule has 1 unspecified atom stereocenters. The maximum Gasteiger partial charge on any atom is 0.222 e. The van der Waals surface area contributed by atoms with Crippen molar-refractivity contribution in [2.75, 3.05) is 34.2 Å². The molecule has 1 atom stereocenters. The van der Waals surface area contributed by atoms with Gasteiger partial charge in [0.1, 0.15) is 0 Å². The maximum absolute atomic E-state index is 11.9. The van der Waals surface area contributed by atoms with E-state index in [-0.39, 0.29) is 11.8 Å².